The summed E-state index contributed by atoms with van der Waals surface area (Å²) in [7, 11) is 0. The quantitative estimate of drug-likeness (QED) is 0.213. The number of nitrogens with zero attached hydrogens (tertiary/aromatic N) is 3. The predicted molar refractivity (Wildman–Crippen MR) is 131 cm³/mol. The monoisotopic (exact) mass is 537 g/mol. The molecule has 3 aromatic heterocycles. The Balaban J connectivity index is 1.59. The zero-order chi connectivity index (χ0) is 26.6. The first kappa shape index (κ1) is 26.3. The molecule has 2 N–H and O–H groups in total. The Morgan fingerprint density at radius 3 is 2.51 bits per heavy atom. The number of benzene rings is 1. The Kier molecular flexibility index (Phi) is 7.91. The van der Waals surface area contributed by atoms with Crippen LogP contribution in [0, 0.1) is 5.82 Å². The van der Waals surface area contributed by atoms with Crippen molar-refractivity contribution < 1.29 is 22.3 Å². The van der Waals surface area contributed by atoms with E-state index in [9.17, 15) is 22.8 Å². The molecule has 8 nitrogen and oxygen atoms in total. The lowest BCUT2D eigenvalue weighted by Crippen LogP contribution is -2.25. The average Bonchev–Trinajstić information content (AvgIpc) is 3.49. The van der Waals surface area contributed by atoms with Crippen molar-refractivity contribution >= 4 is 11.3 Å². The number of aryl methyl sites for hydroxylation is 1. The second-order valence-electron chi connectivity index (χ2n) is 8.23. The van der Waals surface area contributed by atoms with Crippen LogP contribution in [0.1, 0.15) is 37.5 Å². The first-order valence-electron chi connectivity index (χ1n) is 11.5. The summed E-state index contributed by atoms with van der Waals surface area (Å²) in [6, 6.07) is 9.41. The summed E-state index contributed by atoms with van der Waals surface area (Å²) in [4.78, 5) is 29.6. The van der Waals surface area contributed by atoms with E-state index >= 15 is 4.39 Å². The van der Waals surface area contributed by atoms with Crippen molar-refractivity contribution in [1.82, 2.24) is 25.2 Å². The standard InChI is InChI=1S/C24H23F4N5O3S/c1-2-15-7-9-20(37-15)17-13-19(29-22(34)21(17)33-23(35)30-31-32-33)16-8-6-14(12-18(16)25)36-11-5-3-4-10-24(26,27)28/h6-9,12-13H,2-5,10-11H2,1H3,(H,29,34)(H,30,32,35). The van der Waals surface area contributed by atoms with Crippen molar-refractivity contribution in [2.45, 2.75) is 45.2 Å². The number of hydrogen-bond donors (Lipinski definition) is 2. The fourth-order valence-corrected chi connectivity index (χ4v) is 4.72. The minimum absolute atomic E-state index is 0.0102. The first-order valence-corrected chi connectivity index (χ1v) is 12.3. The molecule has 37 heavy (non-hydrogen) atoms. The Hall–Kier alpha value is -3.74. The summed E-state index contributed by atoms with van der Waals surface area (Å²) in [5.74, 6) is -0.445. The predicted octanol–water partition coefficient (Wildman–Crippen LogP) is 5.24. The molecule has 0 fully saturated rings. The Morgan fingerprint density at radius 2 is 1.86 bits per heavy atom. The highest BCUT2D eigenvalue weighted by Gasteiger charge is 2.25. The number of rotatable bonds is 10. The third kappa shape index (κ3) is 6.34. The van der Waals surface area contributed by atoms with Gasteiger partial charge in [0.15, 0.2) is 0 Å². The Bertz CT molecular complexity index is 1490. The molecule has 4 aromatic rings. The second kappa shape index (κ2) is 11.1. The van der Waals surface area contributed by atoms with Crippen LogP contribution in [0.4, 0.5) is 17.6 Å². The number of pyridine rings is 1. The normalized spacial score (nSPS) is 11.7. The number of unbranched alkanes of at least 4 members (excludes halogenated alkanes) is 2. The van der Waals surface area contributed by atoms with Gasteiger partial charge < -0.3 is 9.72 Å². The van der Waals surface area contributed by atoms with Gasteiger partial charge in [-0.3, -0.25) is 4.79 Å². The number of thiophene rings is 1. The third-order valence-corrected chi connectivity index (χ3v) is 6.83. The lowest BCUT2D eigenvalue weighted by atomic mass is 10.1. The minimum Gasteiger partial charge on any atom is -0.493 e. The highest BCUT2D eigenvalue weighted by Crippen LogP contribution is 2.34. The van der Waals surface area contributed by atoms with Crippen LogP contribution < -0.4 is 16.0 Å². The molecule has 0 radical (unpaired) electrons. The zero-order valence-corrected chi connectivity index (χ0v) is 20.5. The lowest BCUT2D eigenvalue weighted by molar-refractivity contribution is -0.135. The van der Waals surface area contributed by atoms with Crippen LogP contribution in [0.25, 0.3) is 27.4 Å². The largest absolute Gasteiger partial charge is 0.493 e. The summed E-state index contributed by atoms with van der Waals surface area (Å²) in [5, 5.41) is 9.30. The maximum Gasteiger partial charge on any atom is 0.389 e. The van der Waals surface area contributed by atoms with E-state index in [-0.39, 0.29) is 35.7 Å². The number of hydrogen-bond acceptors (Lipinski definition) is 6. The van der Waals surface area contributed by atoms with Gasteiger partial charge in [0, 0.05) is 33.4 Å². The molecule has 0 amide bonds. The van der Waals surface area contributed by atoms with E-state index in [2.05, 4.69) is 20.5 Å². The maximum absolute atomic E-state index is 15.1. The summed E-state index contributed by atoms with van der Waals surface area (Å²) in [5.41, 5.74) is -0.729. The zero-order valence-electron chi connectivity index (χ0n) is 19.7. The molecule has 0 unspecified atom stereocenters. The van der Waals surface area contributed by atoms with E-state index in [0.29, 0.717) is 23.3 Å². The van der Waals surface area contributed by atoms with Gasteiger partial charge in [0.05, 0.1) is 12.3 Å². The van der Waals surface area contributed by atoms with Crippen LogP contribution in [-0.2, 0) is 6.42 Å². The highest BCUT2D eigenvalue weighted by atomic mass is 32.1. The van der Waals surface area contributed by atoms with Crippen molar-refractivity contribution in [1.29, 1.82) is 0 Å². The number of ether oxygens (including phenoxy) is 1. The number of nitrogens with one attached hydrogen (secondary N) is 2. The van der Waals surface area contributed by atoms with E-state index in [0.717, 1.165) is 22.0 Å². The molecule has 0 aliphatic carbocycles. The smallest absolute Gasteiger partial charge is 0.389 e. The van der Waals surface area contributed by atoms with Crippen LogP contribution in [0.3, 0.4) is 0 Å². The Labute approximate surface area is 211 Å². The van der Waals surface area contributed by atoms with E-state index in [1.54, 1.807) is 6.07 Å². The van der Waals surface area contributed by atoms with E-state index in [1.165, 1.54) is 23.5 Å². The molecule has 0 saturated carbocycles. The van der Waals surface area contributed by atoms with Gasteiger partial charge in [0.1, 0.15) is 17.3 Å². The summed E-state index contributed by atoms with van der Waals surface area (Å²) in [6.45, 7) is 2.14. The highest BCUT2D eigenvalue weighted by molar-refractivity contribution is 7.15. The van der Waals surface area contributed by atoms with Gasteiger partial charge in [0.2, 0.25) is 0 Å². The van der Waals surface area contributed by atoms with Gasteiger partial charge in [0.25, 0.3) is 5.56 Å². The van der Waals surface area contributed by atoms with Crippen LogP contribution >= 0.6 is 11.3 Å². The molecule has 13 heteroatoms. The maximum atomic E-state index is 15.1. The number of halogens is 4. The molecule has 0 aliphatic heterocycles. The van der Waals surface area contributed by atoms with Crippen molar-refractivity contribution in [3.63, 3.8) is 0 Å². The van der Waals surface area contributed by atoms with Crippen LogP contribution in [-0.4, -0.2) is 38.0 Å². The van der Waals surface area contributed by atoms with Gasteiger partial charge in [-0.15, -0.1) is 11.3 Å². The van der Waals surface area contributed by atoms with Crippen LogP contribution in [0.2, 0.25) is 0 Å². The van der Waals surface area contributed by atoms with Gasteiger partial charge in [-0.05, 0) is 66.4 Å². The average molecular weight is 538 g/mol. The number of H-pyrrole nitrogens is 2. The van der Waals surface area contributed by atoms with E-state index < -0.39 is 29.7 Å². The van der Waals surface area contributed by atoms with Crippen molar-refractivity contribution in [2.24, 2.45) is 0 Å². The van der Waals surface area contributed by atoms with Crippen molar-refractivity contribution in [2.75, 3.05) is 6.61 Å². The minimum atomic E-state index is -4.17. The van der Waals surface area contributed by atoms with Gasteiger partial charge in [-0.2, -0.15) is 17.9 Å². The van der Waals surface area contributed by atoms with E-state index in [4.69, 9.17) is 4.74 Å². The first-order chi connectivity index (χ1) is 17.7. The fraction of sp³-hybridized carbons (Fsp3) is 0.333. The molecule has 4 rings (SSSR count). The van der Waals surface area contributed by atoms with Crippen molar-refractivity contribution in [3.05, 3.63) is 67.9 Å². The molecule has 3 heterocycles. The molecule has 1 aromatic carbocycles. The molecule has 196 valence electrons. The van der Waals surface area contributed by atoms with Crippen LogP contribution in [0.5, 0.6) is 5.75 Å². The molecule has 0 saturated heterocycles. The molecular weight excluding hydrogens is 514 g/mol. The molecule has 0 spiro atoms. The number of tetrazole rings is 1. The summed E-state index contributed by atoms with van der Waals surface area (Å²) in [6.07, 6.45) is -3.49. The second-order valence-corrected chi connectivity index (χ2v) is 9.40. The van der Waals surface area contributed by atoms with Gasteiger partial charge >= 0.3 is 11.9 Å². The number of aromatic amines is 2. The fourth-order valence-electron chi connectivity index (χ4n) is 3.75. The molecular formula is C24H23F4N5O3S. The van der Waals surface area contributed by atoms with Crippen LogP contribution in [0.15, 0.2) is 46.0 Å². The summed E-state index contributed by atoms with van der Waals surface area (Å²) >= 11 is 1.44. The number of alkyl halides is 3. The molecule has 0 aliphatic rings. The summed E-state index contributed by atoms with van der Waals surface area (Å²) < 4.78 is 58.0. The molecule has 0 atom stereocenters. The van der Waals surface area contributed by atoms with E-state index in [1.807, 2.05) is 19.1 Å². The molecule has 0 bridgehead atoms. The topological polar surface area (TPSA) is 106 Å². The van der Waals surface area contributed by atoms with Crippen molar-refractivity contribution in [3.8, 4) is 33.1 Å². The number of aromatic nitrogens is 5. The third-order valence-electron chi connectivity index (χ3n) is 5.57. The van der Waals surface area contributed by atoms with Gasteiger partial charge in [-0.1, -0.05) is 6.92 Å². The SMILES string of the molecule is CCc1ccc(-c2cc(-c3ccc(OCCCCCC(F)(F)F)cc3F)[nH]c(=O)c2-n2nn[nH]c2=O)s1. The Morgan fingerprint density at radius 1 is 1.05 bits per heavy atom. The lowest BCUT2D eigenvalue weighted by Gasteiger charge is -2.12. The van der Waals surface area contributed by atoms with Gasteiger partial charge in [-0.25, -0.2) is 14.3 Å².